The van der Waals surface area contributed by atoms with Crippen LogP contribution < -0.4 is 10.1 Å². The van der Waals surface area contributed by atoms with Gasteiger partial charge in [-0.2, -0.15) is 0 Å². The average molecular weight is 311 g/mol. The Morgan fingerprint density at radius 3 is 2.33 bits per heavy atom. The van der Waals surface area contributed by atoms with Crippen molar-refractivity contribution < 1.29 is 14.3 Å². The second-order valence-electron chi connectivity index (χ2n) is 3.42. The maximum absolute atomic E-state index is 11.5. The van der Waals surface area contributed by atoms with Gasteiger partial charge in [-0.05, 0) is 25.1 Å². The van der Waals surface area contributed by atoms with Gasteiger partial charge in [-0.25, -0.2) is 0 Å². The molecule has 0 bridgehead atoms. The van der Waals surface area contributed by atoms with Gasteiger partial charge in [-0.1, -0.05) is 34.8 Å². The fourth-order valence-corrected chi connectivity index (χ4v) is 1.36. The maximum Gasteiger partial charge on any atom is 0.276 e. The largest absolute Gasteiger partial charge is 0.495 e. The Kier molecular flexibility index (Phi) is 4.85. The number of methoxy groups -OCH3 is 1. The third-order valence-corrected chi connectivity index (χ3v) is 2.63. The molecule has 0 aliphatic heterocycles. The first-order valence-corrected chi connectivity index (χ1v) is 5.96. The zero-order valence-electron chi connectivity index (χ0n) is 9.59. The summed E-state index contributed by atoms with van der Waals surface area (Å²) in [5, 5.41) is 2.38. The summed E-state index contributed by atoms with van der Waals surface area (Å²) in [6.07, 6.45) is 0. The Morgan fingerprint density at radius 2 is 1.89 bits per heavy atom. The molecule has 1 aromatic rings. The van der Waals surface area contributed by atoms with Crippen molar-refractivity contribution >= 4 is 52.2 Å². The third kappa shape index (κ3) is 3.77. The van der Waals surface area contributed by atoms with Crippen molar-refractivity contribution in [3.05, 3.63) is 23.8 Å². The molecule has 0 saturated heterocycles. The number of anilines is 1. The molecule has 0 heterocycles. The minimum Gasteiger partial charge on any atom is -0.495 e. The van der Waals surface area contributed by atoms with Crippen LogP contribution in [-0.4, -0.2) is 22.6 Å². The number of benzene rings is 1. The standard InChI is InChI=1S/C11H10Cl3NO3/c1-6(16)7-3-4-9(18-2)8(5-7)15-10(17)11(12,13)14/h3-5H,1-2H3,(H,15,17). The van der Waals surface area contributed by atoms with E-state index >= 15 is 0 Å². The molecule has 1 N–H and O–H groups in total. The van der Waals surface area contributed by atoms with Gasteiger partial charge in [0.15, 0.2) is 5.78 Å². The Balaban J connectivity index is 3.09. The lowest BCUT2D eigenvalue weighted by Crippen LogP contribution is -2.27. The normalized spacial score (nSPS) is 10.9. The van der Waals surface area contributed by atoms with Crippen molar-refractivity contribution in [1.82, 2.24) is 0 Å². The summed E-state index contributed by atoms with van der Waals surface area (Å²) >= 11 is 16.3. The molecular formula is C11H10Cl3NO3. The molecule has 0 unspecified atom stereocenters. The van der Waals surface area contributed by atoms with Crippen LogP contribution in [0.1, 0.15) is 17.3 Å². The molecule has 98 valence electrons. The highest BCUT2D eigenvalue weighted by Crippen LogP contribution is 2.31. The van der Waals surface area contributed by atoms with E-state index in [-0.39, 0.29) is 11.5 Å². The summed E-state index contributed by atoms with van der Waals surface area (Å²) in [7, 11) is 1.42. The molecule has 4 nitrogen and oxygen atoms in total. The van der Waals surface area contributed by atoms with Gasteiger partial charge in [0.25, 0.3) is 9.70 Å². The number of carbonyl (C=O) groups excluding carboxylic acids is 2. The monoisotopic (exact) mass is 309 g/mol. The van der Waals surface area contributed by atoms with E-state index < -0.39 is 9.70 Å². The maximum atomic E-state index is 11.5. The number of hydrogen-bond acceptors (Lipinski definition) is 3. The third-order valence-electron chi connectivity index (χ3n) is 2.11. The SMILES string of the molecule is COc1ccc(C(C)=O)cc1NC(=O)C(Cl)(Cl)Cl. The minimum atomic E-state index is -2.09. The van der Waals surface area contributed by atoms with Gasteiger partial charge >= 0.3 is 0 Å². The van der Waals surface area contributed by atoms with Crippen molar-refractivity contribution in [1.29, 1.82) is 0 Å². The van der Waals surface area contributed by atoms with E-state index in [1.165, 1.54) is 20.1 Å². The highest BCUT2D eigenvalue weighted by molar-refractivity contribution is 6.76. The Morgan fingerprint density at radius 1 is 1.28 bits per heavy atom. The van der Waals surface area contributed by atoms with Gasteiger partial charge in [-0.3, -0.25) is 9.59 Å². The molecule has 7 heteroatoms. The fraction of sp³-hybridized carbons (Fsp3) is 0.273. The number of rotatable bonds is 3. The van der Waals surface area contributed by atoms with Crippen molar-refractivity contribution in [3.8, 4) is 5.75 Å². The number of carbonyl (C=O) groups is 2. The summed E-state index contributed by atoms with van der Waals surface area (Å²) in [6, 6.07) is 4.58. The summed E-state index contributed by atoms with van der Waals surface area (Å²) in [5.74, 6) is -0.615. The predicted octanol–water partition coefficient (Wildman–Crippen LogP) is 3.21. The van der Waals surface area contributed by atoms with E-state index in [9.17, 15) is 9.59 Å². The molecule has 1 amide bonds. The smallest absolute Gasteiger partial charge is 0.276 e. The Labute approximate surface area is 119 Å². The lowest BCUT2D eigenvalue weighted by molar-refractivity contribution is -0.115. The van der Waals surface area contributed by atoms with Gasteiger partial charge in [0.05, 0.1) is 12.8 Å². The molecule has 0 aliphatic carbocycles. The summed E-state index contributed by atoms with van der Waals surface area (Å²) in [4.78, 5) is 22.8. The first-order valence-electron chi connectivity index (χ1n) is 4.83. The summed E-state index contributed by atoms with van der Waals surface area (Å²) in [5.41, 5.74) is 0.678. The topological polar surface area (TPSA) is 55.4 Å². The first-order chi connectivity index (χ1) is 8.25. The van der Waals surface area contributed by atoms with E-state index in [2.05, 4.69) is 5.32 Å². The predicted molar refractivity (Wildman–Crippen MR) is 71.9 cm³/mol. The fourth-order valence-electron chi connectivity index (χ4n) is 1.22. The van der Waals surface area contributed by atoms with E-state index in [1.807, 2.05) is 0 Å². The van der Waals surface area contributed by atoms with Crippen LogP contribution in [0.2, 0.25) is 0 Å². The molecule has 0 aromatic heterocycles. The molecule has 0 fully saturated rings. The highest BCUT2D eigenvalue weighted by atomic mass is 35.6. The number of halogens is 3. The van der Waals surface area contributed by atoms with Crippen LogP contribution in [0.4, 0.5) is 5.69 Å². The van der Waals surface area contributed by atoms with Gasteiger partial charge in [0.1, 0.15) is 5.75 Å². The van der Waals surface area contributed by atoms with E-state index in [0.29, 0.717) is 11.3 Å². The van der Waals surface area contributed by atoms with Crippen LogP contribution in [-0.2, 0) is 4.79 Å². The van der Waals surface area contributed by atoms with Crippen molar-refractivity contribution in [2.24, 2.45) is 0 Å². The number of alkyl halides is 3. The molecule has 18 heavy (non-hydrogen) atoms. The molecule has 1 aromatic carbocycles. The zero-order chi connectivity index (χ0) is 13.9. The van der Waals surface area contributed by atoms with Crippen LogP contribution >= 0.6 is 34.8 Å². The van der Waals surface area contributed by atoms with Gasteiger partial charge in [0.2, 0.25) is 0 Å². The number of Topliss-reactive ketones (excluding diaryl/α,β-unsaturated/α-hetero) is 1. The Hall–Kier alpha value is -0.970. The van der Waals surface area contributed by atoms with Crippen LogP contribution in [0.25, 0.3) is 0 Å². The molecular weight excluding hydrogens is 300 g/mol. The van der Waals surface area contributed by atoms with Crippen LogP contribution in [0.15, 0.2) is 18.2 Å². The number of ketones is 1. The molecule has 1 rings (SSSR count). The molecule has 0 radical (unpaired) electrons. The van der Waals surface area contributed by atoms with Crippen molar-refractivity contribution in [3.63, 3.8) is 0 Å². The highest BCUT2D eigenvalue weighted by Gasteiger charge is 2.31. The second-order valence-corrected chi connectivity index (χ2v) is 5.70. The van der Waals surface area contributed by atoms with Crippen LogP contribution in [0.5, 0.6) is 5.75 Å². The second kappa shape index (κ2) is 5.78. The van der Waals surface area contributed by atoms with Crippen molar-refractivity contribution in [2.45, 2.75) is 10.7 Å². The number of nitrogens with one attached hydrogen (secondary N) is 1. The summed E-state index contributed by atoms with van der Waals surface area (Å²) < 4.78 is 2.95. The van der Waals surface area contributed by atoms with Crippen LogP contribution in [0, 0.1) is 0 Å². The summed E-state index contributed by atoms with van der Waals surface area (Å²) in [6.45, 7) is 1.41. The number of hydrogen-bond donors (Lipinski definition) is 1. The minimum absolute atomic E-state index is 0.151. The lowest BCUT2D eigenvalue weighted by atomic mass is 10.1. The van der Waals surface area contributed by atoms with Crippen molar-refractivity contribution in [2.75, 3.05) is 12.4 Å². The molecule has 0 atom stereocenters. The van der Waals surface area contributed by atoms with Gasteiger partial charge in [-0.15, -0.1) is 0 Å². The quantitative estimate of drug-likeness (QED) is 0.689. The molecule has 0 saturated carbocycles. The van der Waals surface area contributed by atoms with Gasteiger partial charge in [0, 0.05) is 5.56 Å². The first kappa shape index (κ1) is 15.1. The number of amides is 1. The molecule has 0 aliphatic rings. The zero-order valence-corrected chi connectivity index (χ0v) is 11.9. The van der Waals surface area contributed by atoms with E-state index in [1.54, 1.807) is 12.1 Å². The van der Waals surface area contributed by atoms with E-state index in [0.717, 1.165) is 0 Å². The Bertz CT molecular complexity index is 483. The lowest BCUT2D eigenvalue weighted by Gasteiger charge is -2.14. The van der Waals surface area contributed by atoms with E-state index in [4.69, 9.17) is 39.5 Å². The molecule has 0 spiro atoms. The van der Waals surface area contributed by atoms with Crippen LogP contribution in [0.3, 0.4) is 0 Å². The average Bonchev–Trinajstić information content (AvgIpc) is 2.27. The number of ether oxygens (including phenoxy) is 1. The van der Waals surface area contributed by atoms with Gasteiger partial charge < -0.3 is 10.1 Å².